The van der Waals surface area contributed by atoms with Crippen molar-refractivity contribution in [3.8, 4) is 0 Å². The smallest absolute Gasteiger partial charge is 0.407 e. The Morgan fingerprint density at radius 2 is 1.77 bits per heavy atom. The second kappa shape index (κ2) is 10.7. The molecular weight excluding hydrogens is 278 g/mol. The molecule has 0 atom stereocenters. The van der Waals surface area contributed by atoms with Crippen molar-refractivity contribution >= 4 is 17.1 Å². The van der Waals surface area contributed by atoms with Crippen molar-refractivity contribution in [1.29, 1.82) is 0 Å². The lowest BCUT2D eigenvalue weighted by molar-refractivity contribution is 0.151. The summed E-state index contributed by atoms with van der Waals surface area (Å²) in [5.74, 6) is 0.728. The maximum absolute atomic E-state index is 11.2. The number of nitrogens with one attached hydrogen (secondary N) is 1. The molecule has 2 aromatic rings. The molecule has 2 rings (SSSR count). The summed E-state index contributed by atoms with van der Waals surface area (Å²) in [5.41, 5.74) is 3.18. The lowest BCUT2D eigenvalue weighted by Gasteiger charge is -2.02. The minimum Gasteiger partial charge on any atom is -0.459 e. The third-order valence-corrected chi connectivity index (χ3v) is 2.68. The van der Waals surface area contributed by atoms with Gasteiger partial charge in [-0.2, -0.15) is 0 Å². The zero-order valence-electron chi connectivity index (χ0n) is 14.9. The molecule has 1 aromatic carbocycles. The van der Waals surface area contributed by atoms with Crippen molar-refractivity contribution in [1.82, 2.24) is 5.32 Å². The zero-order valence-corrected chi connectivity index (χ0v) is 14.9. The second-order valence-corrected chi connectivity index (χ2v) is 4.29. The van der Waals surface area contributed by atoms with Gasteiger partial charge in [-0.3, -0.25) is 0 Å². The number of furan rings is 1. The van der Waals surface area contributed by atoms with E-state index < -0.39 is 6.09 Å². The molecule has 124 valence electrons. The highest BCUT2D eigenvalue weighted by Crippen LogP contribution is 2.24. The van der Waals surface area contributed by atoms with E-state index in [0.29, 0.717) is 13.2 Å². The lowest BCUT2D eigenvalue weighted by Crippen LogP contribution is -2.23. The number of alkyl carbamates (subject to hydrolysis) is 1. The van der Waals surface area contributed by atoms with Gasteiger partial charge in [0.05, 0.1) is 13.2 Å². The molecule has 0 aliphatic rings. The van der Waals surface area contributed by atoms with Gasteiger partial charge in [0, 0.05) is 5.39 Å². The summed E-state index contributed by atoms with van der Waals surface area (Å²) in [6, 6.07) is 6.09. The Balaban J connectivity index is 0.00000102. The molecule has 0 radical (unpaired) electrons. The SMILES string of the molecule is CC.CC.CCOC(=O)NCc1cc2cc(C)cc(C)c2o1. The van der Waals surface area contributed by atoms with E-state index in [1.54, 1.807) is 6.92 Å². The van der Waals surface area contributed by atoms with E-state index in [0.717, 1.165) is 22.3 Å². The van der Waals surface area contributed by atoms with E-state index in [4.69, 9.17) is 9.15 Å². The first-order valence-corrected chi connectivity index (χ1v) is 8.00. The largest absolute Gasteiger partial charge is 0.459 e. The standard InChI is InChI=1S/C14H17NO3.2C2H6/c1-4-17-14(16)15-8-12-7-11-6-9(2)5-10(3)13(11)18-12;2*1-2/h5-7H,4,8H2,1-3H3,(H,15,16);2*1-2H3. The molecule has 1 N–H and O–H groups in total. The quantitative estimate of drug-likeness (QED) is 0.831. The number of hydrogen-bond donors (Lipinski definition) is 1. The first kappa shape index (κ1) is 20.0. The van der Waals surface area contributed by atoms with Gasteiger partial charge in [-0.1, -0.05) is 39.3 Å². The van der Waals surface area contributed by atoms with Crippen LogP contribution >= 0.6 is 0 Å². The Kier molecular flexibility index (Phi) is 9.75. The van der Waals surface area contributed by atoms with Gasteiger partial charge in [0.15, 0.2) is 0 Å². The molecule has 1 aromatic heterocycles. The summed E-state index contributed by atoms with van der Waals surface area (Å²) < 4.78 is 10.5. The van der Waals surface area contributed by atoms with Crippen LogP contribution in [0.2, 0.25) is 0 Å². The first-order chi connectivity index (χ1) is 10.6. The molecular formula is C18H29NO3. The van der Waals surface area contributed by atoms with Gasteiger partial charge in [-0.25, -0.2) is 4.79 Å². The van der Waals surface area contributed by atoms with Gasteiger partial charge in [0.1, 0.15) is 11.3 Å². The summed E-state index contributed by atoms with van der Waals surface area (Å²) in [6.45, 7) is 14.5. The number of ether oxygens (including phenoxy) is 1. The van der Waals surface area contributed by atoms with Crippen molar-refractivity contribution in [2.45, 2.75) is 55.0 Å². The van der Waals surface area contributed by atoms with E-state index in [9.17, 15) is 4.79 Å². The highest BCUT2D eigenvalue weighted by atomic mass is 16.5. The van der Waals surface area contributed by atoms with Crippen molar-refractivity contribution in [2.24, 2.45) is 0 Å². The van der Waals surface area contributed by atoms with E-state index >= 15 is 0 Å². The average Bonchev–Trinajstić information content (AvgIpc) is 2.93. The molecule has 0 aliphatic carbocycles. The van der Waals surface area contributed by atoms with Crippen LogP contribution in [0.15, 0.2) is 22.6 Å². The van der Waals surface area contributed by atoms with Crippen LogP contribution < -0.4 is 5.32 Å². The van der Waals surface area contributed by atoms with Crippen LogP contribution in [-0.2, 0) is 11.3 Å². The summed E-state index contributed by atoms with van der Waals surface area (Å²) in [7, 11) is 0. The number of fused-ring (bicyclic) bond motifs is 1. The average molecular weight is 307 g/mol. The summed E-state index contributed by atoms with van der Waals surface area (Å²) in [6.07, 6.45) is -0.425. The third-order valence-electron chi connectivity index (χ3n) is 2.68. The Morgan fingerprint density at radius 3 is 2.36 bits per heavy atom. The van der Waals surface area contributed by atoms with Crippen molar-refractivity contribution < 1.29 is 13.9 Å². The van der Waals surface area contributed by atoms with Crippen LogP contribution in [0, 0.1) is 13.8 Å². The van der Waals surface area contributed by atoms with Crippen LogP contribution in [0.5, 0.6) is 0 Å². The predicted octanol–water partition coefficient (Wildman–Crippen LogP) is 5.35. The monoisotopic (exact) mass is 307 g/mol. The van der Waals surface area contributed by atoms with Gasteiger partial charge in [-0.15, -0.1) is 0 Å². The number of aryl methyl sites for hydroxylation is 2. The van der Waals surface area contributed by atoms with E-state index in [1.807, 2.05) is 40.7 Å². The Bertz CT molecular complexity index is 573. The third kappa shape index (κ3) is 5.80. The van der Waals surface area contributed by atoms with Crippen molar-refractivity contribution in [3.63, 3.8) is 0 Å². The highest BCUT2D eigenvalue weighted by molar-refractivity contribution is 5.82. The molecule has 0 unspecified atom stereocenters. The normalized spacial score (nSPS) is 9.23. The highest BCUT2D eigenvalue weighted by Gasteiger charge is 2.08. The van der Waals surface area contributed by atoms with E-state index in [2.05, 4.69) is 24.4 Å². The number of amides is 1. The minimum atomic E-state index is -0.425. The minimum absolute atomic E-state index is 0.339. The van der Waals surface area contributed by atoms with Gasteiger partial charge >= 0.3 is 6.09 Å². The van der Waals surface area contributed by atoms with E-state index in [1.165, 1.54) is 5.56 Å². The molecule has 4 heteroatoms. The van der Waals surface area contributed by atoms with Crippen LogP contribution in [-0.4, -0.2) is 12.7 Å². The number of carbonyl (C=O) groups is 1. The first-order valence-electron chi connectivity index (χ1n) is 8.00. The molecule has 0 saturated carbocycles. The molecule has 0 saturated heterocycles. The summed E-state index contributed by atoms with van der Waals surface area (Å²) in [5, 5.41) is 3.70. The fraction of sp³-hybridized carbons (Fsp3) is 0.500. The molecule has 0 spiro atoms. The van der Waals surface area contributed by atoms with E-state index in [-0.39, 0.29) is 0 Å². The fourth-order valence-corrected chi connectivity index (χ4v) is 2.00. The number of rotatable bonds is 3. The Morgan fingerprint density at radius 1 is 1.14 bits per heavy atom. The van der Waals surface area contributed by atoms with Crippen molar-refractivity contribution in [3.05, 3.63) is 35.1 Å². The molecule has 1 amide bonds. The van der Waals surface area contributed by atoms with Gasteiger partial charge in [0.25, 0.3) is 0 Å². The van der Waals surface area contributed by atoms with Crippen molar-refractivity contribution in [2.75, 3.05) is 6.61 Å². The lowest BCUT2D eigenvalue weighted by atomic mass is 10.1. The van der Waals surface area contributed by atoms with Gasteiger partial charge in [-0.05, 0) is 38.5 Å². The molecule has 1 heterocycles. The zero-order chi connectivity index (χ0) is 17.1. The van der Waals surface area contributed by atoms with Gasteiger partial charge in [0.2, 0.25) is 0 Å². The number of benzene rings is 1. The molecule has 0 fully saturated rings. The summed E-state index contributed by atoms with van der Waals surface area (Å²) >= 11 is 0. The van der Waals surface area contributed by atoms with Crippen LogP contribution in [0.25, 0.3) is 11.0 Å². The van der Waals surface area contributed by atoms with Crippen LogP contribution in [0.4, 0.5) is 4.79 Å². The maximum atomic E-state index is 11.2. The fourth-order valence-electron chi connectivity index (χ4n) is 2.00. The topological polar surface area (TPSA) is 51.5 Å². The molecule has 0 bridgehead atoms. The summed E-state index contributed by atoms with van der Waals surface area (Å²) in [4.78, 5) is 11.2. The van der Waals surface area contributed by atoms with Crippen LogP contribution in [0.3, 0.4) is 0 Å². The predicted molar refractivity (Wildman–Crippen MR) is 92.2 cm³/mol. The second-order valence-electron chi connectivity index (χ2n) is 4.29. The number of hydrogen-bond acceptors (Lipinski definition) is 3. The Hall–Kier alpha value is -1.97. The van der Waals surface area contributed by atoms with Gasteiger partial charge < -0.3 is 14.5 Å². The maximum Gasteiger partial charge on any atom is 0.407 e. The molecule has 22 heavy (non-hydrogen) atoms. The molecule has 0 aliphatic heterocycles. The Labute approximate surface area is 133 Å². The molecule has 4 nitrogen and oxygen atoms in total. The number of carbonyl (C=O) groups excluding carboxylic acids is 1. The van der Waals surface area contributed by atoms with Crippen LogP contribution in [0.1, 0.15) is 51.5 Å².